The zero-order valence-electron chi connectivity index (χ0n) is 13.4. The molecule has 0 saturated carbocycles. The molecule has 4 rings (SSSR count). The Labute approximate surface area is 143 Å². The molecule has 0 aliphatic heterocycles. The highest BCUT2D eigenvalue weighted by Crippen LogP contribution is 2.16. The van der Waals surface area contributed by atoms with E-state index in [2.05, 4.69) is 10.3 Å². The highest BCUT2D eigenvalue weighted by Gasteiger charge is 2.19. The van der Waals surface area contributed by atoms with Crippen LogP contribution in [0.15, 0.2) is 66.7 Å². The van der Waals surface area contributed by atoms with E-state index in [0.717, 1.165) is 21.2 Å². The second-order valence-electron chi connectivity index (χ2n) is 5.85. The minimum absolute atomic E-state index is 0.385. The van der Waals surface area contributed by atoms with Crippen LogP contribution >= 0.6 is 0 Å². The minimum atomic E-state index is -0.788. The molecular weight excluding hydrogens is 316 g/mol. The van der Waals surface area contributed by atoms with E-state index < -0.39 is 12.0 Å². The number of nitrogens with two attached hydrogens (primary N) is 1. The monoisotopic (exact) mass is 332 g/mol. The lowest BCUT2D eigenvalue weighted by Crippen LogP contribution is -2.39. The number of hydrogen-bond donors (Lipinski definition) is 1. The third-order valence-electron chi connectivity index (χ3n) is 4.07. The highest BCUT2D eigenvalue weighted by molar-refractivity contribution is 5.83. The SMILES string of the molecule is N[C@@H](Cc1ccc2ccccc2c1)C(=O)On1nnc2ccccc21. The van der Waals surface area contributed by atoms with E-state index in [1.54, 1.807) is 12.1 Å². The van der Waals surface area contributed by atoms with Gasteiger partial charge in [0.15, 0.2) is 0 Å². The molecule has 6 heteroatoms. The summed E-state index contributed by atoms with van der Waals surface area (Å²) in [5, 5.41) is 10.0. The lowest BCUT2D eigenvalue weighted by Gasteiger charge is -2.11. The summed E-state index contributed by atoms with van der Waals surface area (Å²) in [6.07, 6.45) is 0.385. The number of nitrogens with zero attached hydrogens (tertiary/aromatic N) is 3. The van der Waals surface area contributed by atoms with Crippen molar-refractivity contribution in [3.63, 3.8) is 0 Å². The van der Waals surface area contributed by atoms with E-state index in [4.69, 9.17) is 10.6 Å². The normalized spacial score (nSPS) is 12.4. The number of carbonyl (C=O) groups is 1. The number of para-hydroxylation sites is 1. The molecular formula is C19H16N4O2. The van der Waals surface area contributed by atoms with Crippen LogP contribution in [0.4, 0.5) is 0 Å². The fraction of sp³-hybridized carbons (Fsp3) is 0.105. The number of aromatic nitrogens is 3. The lowest BCUT2D eigenvalue weighted by molar-refractivity contribution is -0.146. The van der Waals surface area contributed by atoms with Crippen molar-refractivity contribution in [1.82, 2.24) is 15.2 Å². The van der Waals surface area contributed by atoms with Gasteiger partial charge in [-0.2, -0.15) is 0 Å². The van der Waals surface area contributed by atoms with Gasteiger partial charge in [-0.1, -0.05) is 59.4 Å². The van der Waals surface area contributed by atoms with Gasteiger partial charge in [0.1, 0.15) is 17.1 Å². The molecule has 124 valence electrons. The molecule has 0 fully saturated rings. The first-order valence-corrected chi connectivity index (χ1v) is 7.96. The molecule has 1 atom stereocenters. The summed E-state index contributed by atoms with van der Waals surface area (Å²) in [4.78, 5) is 18.7. The van der Waals surface area contributed by atoms with Gasteiger partial charge >= 0.3 is 5.97 Å². The summed E-state index contributed by atoms with van der Waals surface area (Å²) in [6, 6.07) is 20.5. The number of carbonyl (C=O) groups excluding carboxylic acids is 1. The van der Waals surface area contributed by atoms with Crippen LogP contribution in [-0.2, 0) is 11.2 Å². The first kappa shape index (κ1) is 15.3. The number of benzene rings is 3. The Kier molecular flexibility index (Phi) is 3.87. The maximum Gasteiger partial charge on any atom is 0.351 e. The van der Waals surface area contributed by atoms with Crippen molar-refractivity contribution in [3.05, 3.63) is 72.3 Å². The number of hydrogen-bond acceptors (Lipinski definition) is 5. The first-order chi connectivity index (χ1) is 12.2. The van der Waals surface area contributed by atoms with Gasteiger partial charge in [-0.05, 0) is 40.1 Å². The third kappa shape index (κ3) is 3.07. The van der Waals surface area contributed by atoms with Crippen molar-refractivity contribution in [2.75, 3.05) is 0 Å². The molecule has 1 aromatic heterocycles. The van der Waals surface area contributed by atoms with Crippen LogP contribution in [0.1, 0.15) is 5.56 Å². The number of fused-ring (bicyclic) bond motifs is 2. The molecule has 4 aromatic rings. The van der Waals surface area contributed by atoms with Gasteiger partial charge < -0.3 is 10.6 Å². The quantitative estimate of drug-likeness (QED) is 0.579. The fourth-order valence-electron chi connectivity index (χ4n) is 2.77. The van der Waals surface area contributed by atoms with E-state index in [9.17, 15) is 4.79 Å². The molecule has 0 aliphatic carbocycles. The molecule has 1 heterocycles. The molecule has 0 aliphatic rings. The summed E-state index contributed by atoms with van der Waals surface area (Å²) in [5.74, 6) is -0.552. The summed E-state index contributed by atoms with van der Waals surface area (Å²) < 4.78 is 0. The molecule has 0 radical (unpaired) electrons. The molecule has 0 saturated heterocycles. The van der Waals surface area contributed by atoms with Crippen LogP contribution in [0.2, 0.25) is 0 Å². The van der Waals surface area contributed by atoms with Crippen LogP contribution in [0.3, 0.4) is 0 Å². The maximum atomic E-state index is 12.3. The predicted octanol–water partition coefficient (Wildman–Crippen LogP) is 2.11. The average Bonchev–Trinajstić information content (AvgIpc) is 3.04. The molecule has 0 amide bonds. The summed E-state index contributed by atoms with van der Waals surface area (Å²) in [5.41, 5.74) is 8.27. The Hall–Kier alpha value is -3.25. The average molecular weight is 332 g/mol. The summed E-state index contributed by atoms with van der Waals surface area (Å²) >= 11 is 0. The minimum Gasteiger partial charge on any atom is -0.318 e. The molecule has 2 N–H and O–H groups in total. The molecule has 6 nitrogen and oxygen atoms in total. The van der Waals surface area contributed by atoms with Crippen molar-refractivity contribution in [3.8, 4) is 0 Å². The van der Waals surface area contributed by atoms with Gasteiger partial charge in [0.2, 0.25) is 0 Å². The molecule has 0 spiro atoms. The second-order valence-corrected chi connectivity index (χ2v) is 5.85. The number of rotatable bonds is 4. The van der Waals surface area contributed by atoms with Gasteiger partial charge in [-0.15, -0.1) is 5.10 Å². The van der Waals surface area contributed by atoms with Crippen molar-refractivity contribution >= 4 is 27.8 Å². The Morgan fingerprint density at radius 1 is 1.04 bits per heavy atom. The Bertz CT molecular complexity index is 1060. The lowest BCUT2D eigenvalue weighted by atomic mass is 10.0. The smallest absolute Gasteiger partial charge is 0.318 e. The van der Waals surface area contributed by atoms with Gasteiger partial charge in [0.25, 0.3) is 0 Å². The van der Waals surface area contributed by atoms with Crippen molar-refractivity contribution < 1.29 is 9.63 Å². The van der Waals surface area contributed by atoms with E-state index >= 15 is 0 Å². The Morgan fingerprint density at radius 2 is 1.80 bits per heavy atom. The van der Waals surface area contributed by atoms with Crippen LogP contribution in [0, 0.1) is 0 Å². The van der Waals surface area contributed by atoms with Crippen LogP contribution in [-0.4, -0.2) is 27.2 Å². The second kappa shape index (κ2) is 6.33. The standard InChI is InChI=1S/C19H16N4O2/c20-16(12-13-9-10-14-5-1-2-6-15(14)11-13)19(24)25-23-18-8-4-3-7-17(18)21-22-23/h1-11,16H,12,20H2/t16-/m0/s1. The van der Waals surface area contributed by atoms with Gasteiger partial charge in [0.05, 0.1) is 0 Å². The van der Waals surface area contributed by atoms with Gasteiger partial charge in [0, 0.05) is 0 Å². The molecule has 25 heavy (non-hydrogen) atoms. The summed E-state index contributed by atoms with van der Waals surface area (Å²) in [6.45, 7) is 0. The van der Waals surface area contributed by atoms with Crippen molar-refractivity contribution in [2.45, 2.75) is 12.5 Å². The van der Waals surface area contributed by atoms with Crippen molar-refractivity contribution in [1.29, 1.82) is 0 Å². The first-order valence-electron chi connectivity index (χ1n) is 7.96. The van der Waals surface area contributed by atoms with E-state index in [0.29, 0.717) is 17.5 Å². The zero-order chi connectivity index (χ0) is 17.2. The van der Waals surface area contributed by atoms with Crippen molar-refractivity contribution in [2.24, 2.45) is 5.73 Å². The molecule has 3 aromatic carbocycles. The van der Waals surface area contributed by atoms with E-state index in [1.807, 2.05) is 54.6 Å². The Balaban J connectivity index is 1.49. The molecule has 0 unspecified atom stereocenters. The van der Waals surface area contributed by atoms with Crippen LogP contribution < -0.4 is 10.6 Å². The molecule has 0 bridgehead atoms. The maximum absolute atomic E-state index is 12.3. The van der Waals surface area contributed by atoms with E-state index in [-0.39, 0.29) is 0 Å². The van der Waals surface area contributed by atoms with Gasteiger partial charge in [-0.25, -0.2) is 4.79 Å². The highest BCUT2D eigenvalue weighted by atomic mass is 16.7. The Morgan fingerprint density at radius 3 is 2.68 bits per heavy atom. The largest absolute Gasteiger partial charge is 0.351 e. The third-order valence-corrected chi connectivity index (χ3v) is 4.07. The topological polar surface area (TPSA) is 83.0 Å². The van der Waals surface area contributed by atoms with E-state index in [1.165, 1.54) is 0 Å². The van der Waals surface area contributed by atoms with Crippen LogP contribution in [0.25, 0.3) is 21.8 Å². The fourth-order valence-corrected chi connectivity index (χ4v) is 2.77. The zero-order valence-corrected chi connectivity index (χ0v) is 13.4. The van der Waals surface area contributed by atoms with Crippen LogP contribution in [0.5, 0.6) is 0 Å². The predicted molar refractivity (Wildman–Crippen MR) is 94.7 cm³/mol. The van der Waals surface area contributed by atoms with Gasteiger partial charge in [-0.3, -0.25) is 0 Å². The summed E-state index contributed by atoms with van der Waals surface area (Å²) in [7, 11) is 0.